The maximum absolute atomic E-state index is 12.6. The Morgan fingerprint density at radius 1 is 1.47 bits per heavy atom. The highest BCUT2D eigenvalue weighted by atomic mass is 16.5. The number of nitrogens with one attached hydrogen (secondary N) is 1. The number of nitrogens with zero attached hydrogens (tertiary/aromatic N) is 1. The summed E-state index contributed by atoms with van der Waals surface area (Å²) in [7, 11) is 0. The summed E-state index contributed by atoms with van der Waals surface area (Å²) in [5.41, 5.74) is 1.14. The van der Waals surface area contributed by atoms with Gasteiger partial charge in [-0.15, -0.1) is 0 Å². The minimum atomic E-state index is -0.335. The predicted molar refractivity (Wildman–Crippen MR) is 73.2 cm³/mol. The molecule has 2 atom stereocenters. The fourth-order valence-electron chi connectivity index (χ4n) is 3.00. The second-order valence-corrected chi connectivity index (χ2v) is 5.19. The van der Waals surface area contributed by atoms with Crippen LogP contribution >= 0.6 is 0 Å². The largest absolute Gasteiger partial charge is 0.480 e. The number of likely N-dealkylation sites (N-methyl/N-ethyl adjacent to an activating group) is 1. The third kappa shape index (κ3) is 2.32. The molecule has 2 unspecified atom stereocenters. The van der Waals surface area contributed by atoms with Crippen molar-refractivity contribution >= 4 is 5.91 Å². The lowest BCUT2D eigenvalue weighted by Gasteiger charge is -2.29. The Labute approximate surface area is 113 Å². The molecule has 3 rings (SSSR count). The number of carbonyl (C=O) groups is 1. The highest BCUT2D eigenvalue weighted by Gasteiger charge is 2.35. The van der Waals surface area contributed by atoms with E-state index >= 15 is 0 Å². The van der Waals surface area contributed by atoms with Crippen LogP contribution in [-0.4, -0.2) is 42.6 Å². The molecule has 0 aliphatic carbocycles. The van der Waals surface area contributed by atoms with Crippen molar-refractivity contribution in [2.45, 2.75) is 31.9 Å². The van der Waals surface area contributed by atoms with E-state index in [2.05, 4.69) is 5.32 Å². The molecule has 0 bridgehead atoms. The van der Waals surface area contributed by atoms with E-state index in [0.717, 1.165) is 37.4 Å². The Kier molecular flexibility index (Phi) is 3.42. The molecule has 0 spiro atoms. The van der Waals surface area contributed by atoms with Gasteiger partial charge >= 0.3 is 0 Å². The molecule has 19 heavy (non-hydrogen) atoms. The maximum Gasteiger partial charge on any atom is 0.264 e. The normalized spacial score (nSPS) is 24.9. The van der Waals surface area contributed by atoms with Crippen LogP contribution in [0, 0.1) is 0 Å². The van der Waals surface area contributed by atoms with E-state index in [-0.39, 0.29) is 12.0 Å². The van der Waals surface area contributed by atoms with Crippen molar-refractivity contribution < 1.29 is 9.53 Å². The smallest absolute Gasteiger partial charge is 0.264 e. The molecule has 102 valence electrons. The minimum Gasteiger partial charge on any atom is -0.480 e. The SMILES string of the molecule is CCN(C(=O)C1Cc2ccccc2O1)C1CCNC1. The monoisotopic (exact) mass is 260 g/mol. The number of ether oxygens (including phenoxy) is 1. The molecule has 4 heteroatoms. The zero-order valence-electron chi connectivity index (χ0n) is 11.3. The van der Waals surface area contributed by atoms with Crippen LogP contribution in [-0.2, 0) is 11.2 Å². The first kappa shape index (κ1) is 12.5. The van der Waals surface area contributed by atoms with Crippen LogP contribution < -0.4 is 10.1 Å². The number of rotatable bonds is 3. The third-order valence-corrected chi connectivity index (χ3v) is 4.02. The molecule has 2 aliphatic heterocycles. The molecule has 1 saturated heterocycles. The van der Waals surface area contributed by atoms with Crippen molar-refractivity contribution in [1.29, 1.82) is 0 Å². The number of carbonyl (C=O) groups excluding carboxylic acids is 1. The summed E-state index contributed by atoms with van der Waals surface area (Å²) >= 11 is 0. The van der Waals surface area contributed by atoms with E-state index in [0.29, 0.717) is 12.5 Å². The van der Waals surface area contributed by atoms with Crippen molar-refractivity contribution in [2.75, 3.05) is 19.6 Å². The molecule has 4 nitrogen and oxygen atoms in total. The standard InChI is InChI=1S/C15H20N2O2/c1-2-17(12-7-8-16-10-12)15(18)14-9-11-5-3-4-6-13(11)19-14/h3-6,12,14,16H,2,7-10H2,1H3. The van der Waals surface area contributed by atoms with Gasteiger partial charge in [-0.05, 0) is 31.5 Å². The molecule has 0 aromatic heterocycles. The molecular formula is C15H20N2O2. The van der Waals surface area contributed by atoms with E-state index in [9.17, 15) is 4.79 Å². The first-order valence-corrected chi connectivity index (χ1v) is 7.05. The summed E-state index contributed by atoms with van der Waals surface area (Å²) in [6.45, 7) is 4.69. The van der Waals surface area contributed by atoms with Crippen LogP contribution in [0.15, 0.2) is 24.3 Å². The Morgan fingerprint density at radius 3 is 3.00 bits per heavy atom. The van der Waals surface area contributed by atoms with E-state index in [1.54, 1.807) is 0 Å². The number of benzene rings is 1. The molecule has 1 fully saturated rings. The molecule has 1 N–H and O–H groups in total. The van der Waals surface area contributed by atoms with Gasteiger partial charge in [-0.1, -0.05) is 18.2 Å². The lowest BCUT2D eigenvalue weighted by atomic mass is 10.1. The Balaban J connectivity index is 1.71. The van der Waals surface area contributed by atoms with Crippen LogP contribution in [0.4, 0.5) is 0 Å². The molecule has 1 aromatic rings. The zero-order valence-corrected chi connectivity index (χ0v) is 11.3. The van der Waals surface area contributed by atoms with E-state index in [4.69, 9.17) is 4.74 Å². The van der Waals surface area contributed by atoms with E-state index in [1.165, 1.54) is 0 Å². The van der Waals surface area contributed by atoms with Gasteiger partial charge in [-0.3, -0.25) is 4.79 Å². The van der Waals surface area contributed by atoms with Gasteiger partial charge in [0.1, 0.15) is 5.75 Å². The minimum absolute atomic E-state index is 0.132. The van der Waals surface area contributed by atoms with Gasteiger partial charge in [0.15, 0.2) is 6.10 Å². The van der Waals surface area contributed by atoms with Gasteiger partial charge in [0, 0.05) is 25.6 Å². The average Bonchev–Trinajstić information content (AvgIpc) is 3.08. The average molecular weight is 260 g/mol. The Bertz CT molecular complexity index is 444. The summed E-state index contributed by atoms with van der Waals surface area (Å²) in [6.07, 6.45) is 1.41. The van der Waals surface area contributed by atoms with Crippen LogP contribution in [0.5, 0.6) is 5.75 Å². The van der Waals surface area contributed by atoms with Gasteiger partial charge in [0.05, 0.1) is 0 Å². The summed E-state index contributed by atoms with van der Waals surface area (Å²) in [4.78, 5) is 14.6. The van der Waals surface area contributed by atoms with Crippen molar-refractivity contribution in [3.63, 3.8) is 0 Å². The van der Waals surface area contributed by atoms with Crippen LogP contribution in [0.1, 0.15) is 18.9 Å². The van der Waals surface area contributed by atoms with Crippen molar-refractivity contribution in [2.24, 2.45) is 0 Å². The highest BCUT2D eigenvalue weighted by Crippen LogP contribution is 2.29. The zero-order chi connectivity index (χ0) is 13.2. The number of amides is 1. The van der Waals surface area contributed by atoms with Gasteiger partial charge < -0.3 is 15.0 Å². The van der Waals surface area contributed by atoms with Gasteiger partial charge in [-0.2, -0.15) is 0 Å². The number of para-hydroxylation sites is 1. The maximum atomic E-state index is 12.6. The quantitative estimate of drug-likeness (QED) is 0.888. The second-order valence-electron chi connectivity index (χ2n) is 5.19. The van der Waals surface area contributed by atoms with Crippen molar-refractivity contribution in [3.8, 4) is 5.75 Å². The molecule has 2 aliphatic rings. The second kappa shape index (κ2) is 5.21. The van der Waals surface area contributed by atoms with Crippen molar-refractivity contribution in [3.05, 3.63) is 29.8 Å². The van der Waals surface area contributed by atoms with E-state index < -0.39 is 0 Å². The van der Waals surface area contributed by atoms with E-state index in [1.807, 2.05) is 36.1 Å². The molecular weight excluding hydrogens is 240 g/mol. The third-order valence-electron chi connectivity index (χ3n) is 4.02. The Morgan fingerprint density at radius 2 is 2.32 bits per heavy atom. The summed E-state index contributed by atoms with van der Waals surface area (Å²) < 4.78 is 5.80. The molecule has 0 radical (unpaired) electrons. The fraction of sp³-hybridized carbons (Fsp3) is 0.533. The fourth-order valence-corrected chi connectivity index (χ4v) is 3.00. The summed E-state index contributed by atoms with van der Waals surface area (Å²) in [5.74, 6) is 0.994. The molecule has 2 heterocycles. The van der Waals surface area contributed by atoms with Crippen molar-refractivity contribution in [1.82, 2.24) is 10.2 Å². The van der Waals surface area contributed by atoms with Crippen LogP contribution in [0.3, 0.4) is 0 Å². The highest BCUT2D eigenvalue weighted by molar-refractivity contribution is 5.83. The number of hydrogen-bond donors (Lipinski definition) is 1. The summed E-state index contributed by atoms with van der Waals surface area (Å²) in [6, 6.07) is 8.24. The van der Waals surface area contributed by atoms with Crippen LogP contribution in [0.25, 0.3) is 0 Å². The van der Waals surface area contributed by atoms with Gasteiger partial charge in [0.25, 0.3) is 5.91 Å². The number of hydrogen-bond acceptors (Lipinski definition) is 3. The first-order valence-electron chi connectivity index (χ1n) is 7.05. The molecule has 1 amide bonds. The van der Waals surface area contributed by atoms with Crippen LogP contribution in [0.2, 0.25) is 0 Å². The lowest BCUT2D eigenvalue weighted by Crippen LogP contribution is -2.47. The lowest BCUT2D eigenvalue weighted by molar-refractivity contribution is -0.139. The molecule has 0 saturated carbocycles. The number of fused-ring (bicyclic) bond motifs is 1. The van der Waals surface area contributed by atoms with Gasteiger partial charge in [-0.25, -0.2) is 0 Å². The molecule has 1 aromatic carbocycles. The van der Waals surface area contributed by atoms with Gasteiger partial charge in [0.2, 0.25) is 0 Å². The first-order chi connectivity index (χ1) is 9.29. The summed E-state index contributed by atoms with van der Waals surface area (Å²) in [5, 5.41) is 3.32. The Hall–Kier alpha value is -1.55. The topological polar surface area (TPSA) is 41.6 Å². The predicted octanol–water partition coefficient (Wildman–Crippen LogP) is 1.20.